The van der Waals surface area contributed by atoms with Crippen molar-refractivity contribution in [2.45, 2.75) is 5.75 Å². The average molecular weight is 370 g/mol. The number of halogens is 2. The van der Waals surface area contributed by atoms with Gasteiger partial charge in [-0.25, -0.2) is 0 Å². The Morgan fingerprint density at radius 3 is 2.74 bits per heavy atom. The van der Waals surface area contributed by atoms with E-state index in [9.17, 15) is 4.79 Å². The first-order chi connectivity index (χ1) is 11.1. The molecule has 1 amide bonds. The zero-order valence-corrected chi connectivity index (χ0v) is 15.0. The van der Waals surface area contributed by atoms with Crippen molar-refractivity contribution in [3.63, 3.8) is 0 Å². The molecule has 3 nitrogen and oxygen atoms in total. The first-order valence-corrected chi connectivity index (χ1v) is 8.95. The minimum absolute atomic E-state index is 0.132. The summed E-state index contributed by atoms with van der Waals surface area (Å²) in [6.45, 7) is 0.576. The number of ether oxygens (including phenoxy) is 1. The Balaban J connectivity index is 1.76. The molecule has 2 aromatic carbocycles. The summed E-state index contributed by atoms with van der Waals surface area (Å²) >= 11 is 13.7. The van der Waals surface area contributed by atoms with E-state index in [1.165, 1.54) is 0 Å². The molecule has 0 aliphatic carbocycles. The predicted molar refractivity (Wildman–Crippen MR) is 98.0 cm³/mol. The average Bonchev–Trinajstić information content (AvgIpc) is 2.56. The van der Waals surface area contributed by atoms with Gasteiger partial charge in [-0.3, -0.25) is 4.79 Å². The van der Waals surface area contributed by atoms with Gasteiger partial charge in [0, 0.05) is 28.1 Å². The highest BCUT2D eigenvalue weighted by atomic mass is 35.5. The third-order valence-electron chi connectivity index (χ3n) is 3.16. The van der Waals surface area contributed by atoms with E-state index < -0.39 is 0 Å². The number of hydrogen-bond donors (Lipinski definition) is 1. The fourth-order valence-electron chi connectivity index (χ4n) is 1.99. The lowest BCUT2D eigenvalue weighted by Gasteiger charge is -2.09. The second-order valence-corrected chi connectivity index (χ2v) is 6.69. The van der Waals surface area contributed by atoms with Crippen molar-refractivity contribution < 1.29 is 9.53 Å². The van der Waals surface area contributed by atoms with Crippen molar-refractivity contribution in [2.75, 3.05) is 19.4 Å². The number of benzene rings is 2. The van der Waals surface area contributed by atoms with Crippen molar-refractivity contribution >= 4 is 40.9 Å². The number of carbonyl (C=O) groups excluding carboxylic acids is 1. The van der Waals surface area contributed by atoms with Gasteiger partial charge in [-0.05, 0) is 29.8 Å². The van der Waals surface area contributed by atoms with Gasteiger partial charge in [0.2, 0.25) is 0 Å². The van der Waals surface area contributed by atoms with Crippen LogP contribution in [0.2, 0.25) is 10.0 Å². The van der Waals surface area contributed by atoms with E-state index in [-0.39, 0.29) is 5.91 Å². The Labute approximate surface area is 150 Å². The number of nitrogens with one attached hydrogen (secondary N) is 1. The van der Waals surface area contributed by atoms with Crippen molar-refractivity contribution in [2.24, 2.45) is 0 Å². The van der Waals surface area contributed by atoms with Crippen molar-refractivity contribution in [3.8, 4) is 5.75 Å². The van der Waals surface area contributed by atoms with Gasteiger partial charge in [-0.1, -0.05) is 41.4 Å². The van der Waals surface area contributed by atoms with E-state index >= 15 is 0 Å². The van der Waals surface area contributed by atoms with Gasteiger partial charge >= 0.3 is 0 Å². The first-order valence-electron chi connectivity index (χ1n) is 7.04. The van der Waals surface area contributed by atoms with E-state index in [0.717, 1.165) is 17.1 Å². The molecule has 6 heteroatoms. The zero-order chi connectivity index (χ0) is 16.7. The summed E-state index contributed by atoms with van der Waals surface area (Å²) in [6, 6.07) is 12.7. The van der Waals surface area contributed by atoms with Gasteiger partial charge in [0.05, 0.1) is 12.7 Å². The maximum Gasteiger partial charge on any atom is 0.255 e. The zero-order valence-electron chi connectivity index (χ0n) is 12.6. The van der Waals surface area contributed by atoms with Gasteiger partial charge in [0.1, 0.15) is 5.75 Å². The molecule has 0 unspecified atom stereocenters. The minimum atomic E-state index is -0.132. The number of methoxy groups -OCH3 is 1. The summed E-state index contributed by atoms with van der Waals surface area (Å²) in [5.41, 5.74) is 1.58. The SMILES string of the molecule is COc1ccccc1C(=O)NCCSCc1ccc(Cl)cc1Cl. The highest BCUT2D eigenvalue weighted by Crippen LogP contribution is 2.24. The standard InChI is InChI=1S/C17H17Cl2NO2S/c1-22-16-5-3-2-4-14(16)17(21)20-8-9-23-11-12-6-7-13(18)10-15(12)19/h2-7,10H,8-9,11H2,1H3,(H,20,21). The van der Waals surface area contributed by atoms with Gasteiger partial charge in [-0.2, -0.15) is 11.8 Å². The molecule has 0 saturated heterocycles. The quantitative estimate of drug-likeness (QED) is 0.720. The second-order valence-electron chi connectivity index (χ2n) is 4.74. The lowest BCUT2D eigenvalue weighted by molar-refractivity contribution is 0.0953. The maximum absolute atomic E-state index is 12.1. The Bertz CT molecular complexity index is 679. The van der Waals surface area contributed by atoms with Crippen LogP contribution in [0.5, 0.6) is 5.75 Å². The number of thioether (sulfide) groups is 1. The number of para-hydroxylation sites is 1. The van der Waals surface area contributed by atoms with Crippen LogP contribution in [0.3, 0.4) is 0 Å². The van der Waals surface area contributed by atoms with E-state index in [2.05, 4.69) is 5.32 Å². The minimum Gasteiger partial charge on any atom is -0.496 e. The second kappa shape index (κ2) is 9.06. The monoisotopic (exact) mass is 369 g/mol. The Morgan fingerprint density at radius 2 is 2.00 bits per heavy atom. The predicted octanol–water partition coefficient (Wildman–Crippen LogP) is 4.67. The molecular weight excluding hydrogens is 353 g/mol. The molecule has 2 rings (SSSR count). The molecule has 0 aliphatic heterocycles. The molecule has 0 spiro atoms. The summed E-state index contributed by atoms with van der Waals surface area (Å²) in [5.74, 6) is 2.01. The van der Waals surface area contributed by atoms with Crippen LogP contribution in [0.1, 0.15) is 15.9 Å². The number of rotatable bonds is 7. The third-order valence-corrected chi connectivity index (χ3v) is 4.75. The van der Waals surface area contributed by atoms with Crippen LogP contribution in [0.4, 0.5) is 0 Å². The molecule has 0 radical (unpaired) electrons. The van der Waals surface area contributed by atoms with Gasteiger partial charge in [0.15, 0.2) is 0 Å². The van der Waals surface area contributed by atoms with Crippen LogP contribution in [-0.2, 0) is 5.75 Å². The van der Waals surface area contributed by atoms with E-state index in [1.54, 1.807) is 37.1 Å². The van der Waals surface area contributed by atoms with Crippen LogP contribution < -0.4 is 10.1 Å². The molecular formula is C17H17Cl2NO2S. The van der Waals surface area contributed by atoms with Crippen LogP contribution in [0.15, 0.2) is 42.5 Å². The van der Waals surface area contributed by atoms with Crippen LogP contribution in [0.25, 0.3) is 0 Å². The smallest absolute Gasteiger partial charge is 0.255 e. The fourth-order valence-corrected chi connectivity index (χ4v) is 3.40. The molecule has 0 saturated carbocycles. The molecule has 0 fully saturated rings. The summed E-state index contributed by atoms with van der Waals surface area (Å²) < 4.78 is 5.18. The molecule has 0 atom stereocenters. The first kappa shape index (κ1) is 18.0. The van der Waals surface area contributed by atoms with Crippen molar-refractivity contribution in [3.05, 3.63) is 63.6 Å². The maximum atomic E-state index is 12.1. The van der Waals surface area contributed by atoms with Crippen LogP contribution in [0, 0.1) is 0 Å². The van der Waals surface area contributed by atoms with E-state index in [0.29, 0.717) is 27.9 Å². The van der Waals surface area contributed by atoms with Gasteiger partial charge < -0.3 is 10.1 Å². The number of hydrogen-bond acceptors (Lipinski definition) is 3. The highest BCUT2D eigenvalue weighted by Gasteiger charge is 2.10. The Hall–Kier alpha value is -1.36. The number of carbonyl (C=O) groups is 1. The van der Waals surface area contributed by atoms with Crippen molar-refractivity contribution in [1.29, 1.82) is 0 Å². The lowest BCUT2D eigenvalue weighted by Crippen LogP contribution is -2.26. The van der Waals surface area contributed by atoms with Crippen LogP contribution in [-0.4, -0.2) is 25.3 Å². The summed E-state index contributed by atoms with van der Waals surface area (Å²) in [7, 11) is 1.55. The fraction of sp³-hybridized carbons (Fsp3) is 0.235. The third kappa shape index (κ3) is 5.34. The summed E-state index contributed by atoms with van der Waals surface area (Å²) in [4.78, 5) is 12.1. The Kier molecular flexibility index (Phi) is 7.09. The molecule has 2 aromatic rings. The van der Waals surface area contributed by atoms with Gasteiger partial charge in [0.25, 0.3) is 5.91 Å². The Morgan fingerprint density at radius 1 is 1.22 bits per heavy atom. The summed E-state index contributed by atoms with van der Waals surface area (Å²) in [5, 5.41) is 4.19. The lowest BCUT2D eigenvalue weighted by atomic mass is 10.2. The molecule has 1 N–H and O–H groups in total. The van der Waals surface area contributed by atoms with Crippen LogP contribution >= 0.6 is 35.0 Å². The molecule has 0 aliphatic rings. The molecule has 0 bridgehead atoms. The normalized spacial score (nSPS) is 10.4. The highest BCUT2D eigenvalue weighted by molar-refractivity contribution is 7.98. The summed E-state index contributed by atoms with van der Waals surface area (Å²) in [6.07, 6.45) is 0. The molecule has 0 aromatic heterocycles. The largest absolute Gasteiger partial charge is 0.496 e. The molecule has 122 valence electrons. The molecule has 0 heterocycles. The van der Waals surface area contributed by atoms with E-state index in [1.807, 2.05) is 24.3 Å². The van der Waals surface area contributed by atoms with Crippen molar-refractivity contribution in [1.82, 2.24) is 5.32 Å². The van der Waals surface area contributed by atoms with Gasteiger partial charge in [-0.15, -0.1) is 0 Å². The van der Waals surface area contributed by atoms with E-state index in [4.69, 9.17) is 27.9 Å². The topological polar surface area (TPSA) is 38.3 Å². The number of amides is 1. The molecule has 23 heavy (non-hydrogen) atoms.